The minimum atomic E-state index is -0.311. The van der Waals surface area contributed by atoms with E-state index in [1.54, 1.807) is 20.1 Å². The van der Waals surface area contributed by atoms with Crippen molar-refractivity contribution in [3.8, 4) is 11.8 Å². The highest BCUT2D eigenvalue weighted by molar-refractivity contribution is 5.74. The third-order valence-corrected chi connectivity index (χ3v) is 2.68. The summed E-state index contributed by atoms with van der Waals surface area (Å²) in [5.74, 6) is 0.324. The van der Waals surface area contributed by atoms with Crippen molar-refractivity contribution in [2.75, 3.05) is 13.7 Å². The number of hydrogen-bond donors (Lipinski definition) is 0. The summed E-state index contributed by atoms with van der Waals surface area (Å²) in [7, 11) is 1.56. The van der Waals surface area contributed by atoms with Crippen molar-refractivity contribution < 1.29 is 14.3 Å². The Hall–Kier alpha value is -2.02. The number of rotatable bonds is 5. The smallest absolute Gasteiger partial charge is 0.310 e. The Kier molecular flexibility index (Phi) is 5.19. The first-order valence-electron chi connectivity index (χ1n) is 5.91. The Labute approximate surface area is 107 Å². The molecule has 0 aromatic heterocycles. The third kappa shape index (κ3) is 3.24. The minimum Gasteiger partial charge on any atom is -0.497 e. The molecule has 0 fully saturated rings. The molecule has 0 bridgehead atoms. The number of esters is 1. The molecule has 4 nitrogen and oxygen atoms in total. The first-order chi connectivity index (χ1) is 8.65. The molecule has 0 unspecified atom stereocenters. The van der Waals surface area contributed by atoms with Crippen molar-refractivity contribution in [2.24, 2.45) is 0 Å². The number of nitrogens with zero attached hydrogens (tertiary/aromatic N) is 1. The van der Waals surface area contributed by atoms with Crippen molar-refractivity contribution >= 4 is 5.97 Å². The number of nitriles is 1. The van der Waals surface area contributed by atoms with Crippen LogP contribution in [0.2, 0.25) is 0 Å². The molecule has 0 aliphatic heterocycles. The molecular formula is C14H17NO3. The van der Waals surface area contributed by atoms with Crippen LogP contribution >= 0.6 is 0 Å². The number of hydrogen-bond acceptors (Lipinski definition) is 4. The molecule has 18 heavy (non-hydrogen) atoms. The van der Waals surface area contributed by atoms with Gasteiger partial charge in [0.1, 0.15) is 5.75 Å². The lowest BCUT2D eigenvalue weighted by molar-refractivity contribution is -0.142. The Morgan fingerprint density at radius 1 is 1.39 bits per heavy atom. The maximum atomic E-state index is 11.5. The van der Waals surface area contributed by atoms with Gasteiger partial charge in [0.25, 0.3) is 0 Å². The van der Waals surface area contributed by atoms with E-state index in [1.165, 1.54) is 0 Å². The standard InChI is InChI=1S/C14H17NO3/c1-4-10-6-12(17-3)7-11(9-15)13(10)8-14(16)18-5-2/h6-7H,4-5,8H2,1-3H3. The van der Waals surface area contributed by atoms with E-state index in [2.05, 4.69) is 6.07 Å². The summed E-state index contributed by atoms with van der Waals surface area (Å²) in [5.41, 5.74) is 2.15. The fourth-order valence-corrected chi connectivity index (χ4v) is 1.80. The van der Waals surface area contributed by atoms with E-state index >= 15 is 0 Å². The minimum absolute atomic E-state index is 0.129. The highest BCUT2D eigenvalue weighted by Crippen LogP contribution is 2.23. The van der Waals surface area contributed by atoms with Crippen LogP contribution in [-0.2, 0) is 22.4 Å². The van der Waals surface area contributed by atoms with Gasteiger partial charge in [0, 0.05) is 0 Å². The second-order valence-corrected chi connectivity index (χ2v) is 3.76. The van der Waals surface area contributed by atoms with Crippen molar-refractivity contribution in [1.82, 2.24) is 0 Å². The molecule has 0 radical (unpaired) electrons. The van der Waals surface area contributed by atoms with Gasteiger partial charge in [0.2, 0.25) is 0 Å². The predicted molar refractivity (Wildman–Crippen MR) is 67.4 cm³/mol. The van der Waals surface area contributed by atoms with Gasteiger partial charge in [-0.25, -0.2) is 0 Å². The SMILES string of the molecule is CCOC(=O)Cc1c(C#N)cc(OC)cc1CC. The molecule has 1 aromatic rings. The van der Waals surface area contributed by atoms with E-state index in [9.17, 15) is 4.79 Å². The number of ether oxygens (including phenoxy) is 2. The third-order valence-electron chi connectivity index (χ3n) is 2.68. The summed E-state index contributed by atoms with van der Waals surface area (Å²) in [6.45, 7) is 4.08. The Morgan fingerprint density at radius 3 is 2.61 bits per heavy atom. The first-order valence-corrected chi connectivity index (χ1v) is 5.91. The number of benzene rings is 1. The molecule has 1 aromatic carbocycles. The predicted octanol–water partition coefficient (Wildman–Crippen LogP) is 2.23. The Morgan fingerprint density at radius 2 is 2.11 bits per heavy atom. The van der Waals surface area contributed by atoms with E-state index in [-0.39, 0.29) is 12.4 Å². The van der Waals surface area contributed by atoms with Crippen LogP contribution in [0, 0.1) is 11.3 Å². The summed E-state index contributed by atoms with van der Waals surface area (Å²) < 4.78 is 10.1. The number of carbonyl (C=O) groups excluding carboxylic acids is 1. The van der Waals surface area contributed by atoms with Crippen molar-refractivity contribution in [3.05, 3.63) is 28.8 Å². The van der Waals surface area contributed by atoms with Crippen molar-refractivity contribution in [2.45, 2.75) is 26.7 Å². The fourth-order valence-electron chi connectivity index (χ4n) is 1.80. The van der Waals surface area contributed by atoms with Crippen molar-refractivity contribution in [3.63, 3.8) is 0 Å². The molecule has 0 amide bonds. The molecule has 0 heterocycles. The van der Waals surface area contributed by atoms with Gasteiger partial charge in [0.15, 0.2) is 0 Å². The van der Waals surface area contributed by atoms with Gasteiger partial charge in [-0.1, -0.05) is 6.92 Å². The van der Waals surface area contributed by atoms with Crippen LogP contribution in [0.3, 0.4) is 0 Å². The van der Waals surface area contributed by atoms with Crippen LogP contribution in [0.15, 0.2) is 12.1 Å². The normalized spacial score (nSPS) is 9.67. The second kappa shape index (κ2) is 6.65. The van der Waals surface area contributed by atoms with Crippen LogP contribution in [-0.4, -0.2) is 19.7 Å². The molecule has 0 atom stereocenters. The molecular weight excluding hydrogens is 230 g/mol. The van der Waals surface area contributed by atoms with Gasteiger partial charge in [-0.15, -0.1) is 0 Å². The number of methoxy groups -OCH3 is 1. The van der Waals surface area contributed by atoms with Gasteiger partial charge >= 0.3 is 5.97 Å². The molecule has 0 aliphatic rings. The maximum Gasteiger partial charge on any atom is 0.310 e. The molecule has 0 saturated carbocycles. The van der Waals surface area contributed by atoms with E-state index < -0.39 is 0 Å². The van der Waals surface area contributed by atoms with E-state index in [4.69, 9.17) is 14.7 Å². The van der Waals surface area contributed by atoms with Gasteiger partial charge in [-0.05, 0) is 36.6 Å². The number of carbonyl (C=O) groups is 1. The van der Waals surface area contributed by atoms with E-state index in [1.807, 2.05) is 13.0 Å². The summed E-state index contributed by atoms with van der Waals surface area (Å²) >= 11 is 0. The zero-order chi connectivity index (χ0) is 13.5. The van der Waals surface area contributed by atoms with Gasteiger partial charge in [0.05, 0.1) is 31.8 Å². The van der Waals surface area contributed by atoms with Crippen LogP contribution in [0.1, 0.15) is 30.5 Å². The molecule has 1 rings (SSSR count). The Balaban J connectivity index is 3.15. The quantitative estimate of drug-likeness (QED) is 0.749. The average Bonchev–Trinajstić information content (AvgIpc) is 2.39. The van der Waals surface area contributed by atoms with E-state index in [0.29, 0.717) is 17.9 Å². The molecule has 0 aliphatic carbocycles. The van der Waals surface area contributed by atoms with Gasteiger partial charge in [-0.2, -0.15) is 5.26 Å². The van der Waals surface area contributed by atoms with Gasteiger partial charge < -0.3 is 9.47 Å². The molecule has 0 saturated heterocycles. The van der Waals surface area contributed by atoms with E-state index in [0.717, 1.165) is 17.5 Å². The Bertz CT molecular complexity index is 475. The van der Waals surface area contributed by atoms with Crippen molar-refractivity contribution in [1.29, 1.82) is 5.26 Å². The lowest BCUT2D eigenvalue weighted by atomic mass is 9.96. The topological polar surface area (TPSA) is 59.3 Å². The fraction of sp³-hybridized carbons (Fsp3) is 0.429. The second-order valence-electron chi connectivity index (χ2n) is 3.76. The average molecular weight is 247 g/mol. The van der Waals surface area contributed by atoms with Crippen LogP contribution < -0.4 is 4.74 Å². The molecule has 4 heteroatoms. The van der Waals surface area contributed by atoms with Crippen LogP contribution in [0.4, 0.5) is 0 Å². The summed E-state index contributed by atoms with van der Waals surface area (Å²) in [4.78, 5) is 11.5. The van der Waals surface area contributed by atoms with Crippen LogP contribution in [0.5, 0.6) is 5.75 Å². The van der Waals surface area contributed by atoms with Crippen LogP contribution in [0.25, 0.3) is 0 Å². The summed E-state index contributed by atoms with van der Waals surface area (Å²) in [6.07, 6.45) is 0.866. The van der Waals surface area contributed by atoms with Gasteiger partial charge in [-0.3, -0.25) is 4.79 Å². The highest BCUT2D eigenvalue weighted by atomic mass is 16.5. The monoisotopic (exact) mass is 247 g/mol. The molecule has 0 spiro atoms. The number of aryl methyl sites for hydroxylation is 1. The largest absolute Gasteiger partial charge is 0.497 e. The lowest BCUT2D eigenvalue weighted by Gasteiger charge is -2.11. The molecule has 0 N–H and O–H groups in total. The zero-order valence-electron chi connectivity index (χ0n) is 10.9. The first kappa shape index (κ1) is 14.0. The molecule has 96 valence electrons. The lowest BCUT2D eigenvalue weighted by Crippen LogP contribution is -2.11. The highest BCUT2D eigenvalue weighted by Gasteiger charge is 2.14. The maximum absolute atomic E-state index is 11.5. The zero-order valence-corrected chi connectivity index (χ0v) is 10.9. The summed E-state index contributed by atoms with van der Waals surface area (Å²) in [6, 6.07) is 5.61. The summed E-state index contributed by atoms with van der Waals surface area (Å²) in [5, 5.41) is 9.14.